The van der Waals surface area contributed by atoms with Crippen molar-refractivity contribution in [2.24, 2.45) is 22.7 Å². The van der Waals surface area contributed by atoms with Crippen LogP contribution in [0, 0.1) is 22.7 Å². The fraction of sp³-hybridized carbons (Fsp3) is 0.909. The summed E-state index contributed by atoms with van der Waals surface area (Å²) in [5.74, 6) is -0.0439. The smallest absolute Gasteiger partial charge is 0.307 e. The van der Waals surface area contributed by atoms with Crippen molar-refractivity contribution in [1.82, 2.24) is 0 Å². The number of carboxylic acids is 1. The van der Waals surface area contributed by atoms with Crippen molar-refractivity contribution in [3.8, 4) is 0 Å². The maximum absolute atomic E-state index is 11.1. The molecule has 1 N–H and O–H groups in total. The van der Waals surface area contributed by atoms with Gasteiger partial charge in [0.15, 0.2) is 0 Å². The molecular formula is C11H18O2. The molecule has 2 fully saturated rings. The Bertz CT molecular complexity index is 257. The molecule has 2 aliphatic rings. The Morgan fingerprint density at radius 1 is 1.38 bits per heavy atom. The van der Waals surface area contributed by atoms with E-state index in [-0.39, 0.29) is 16.7 Å². The van der Waals surface area contributed by atoms with Gasteiger partial charge < -0.3 is 5.11 Å². The van der Waals surface area contributed by atoms with E-state index in [1.54, 1.807) is 0 Å². The molecule has 2 rings (SSSR count). The van der Waals surface area contributed by atoms with Gasteiger partial charge in [0, 0.05) is 0 Å². The zero-order valence-electron chi connectivity index (χ0n) is 8.63. The van der Waals surface area contributed by atoms with E-state index >= 15 is 0 Å². The second-order valence-corrected chi connectivity index (χ2v) is 5.50. The molecule has 0 radical (unpaired) electrons. The number of fused-ring (bicyclic) bond motifs is 2. The highest BCUT2D eigenvalue weighted by Crippen LogP contribution is 2.68. The predicted molar refractivity (Wildman–Crippen MR) is 50.4 cm³/mol. The molecule has 0 amide bonds. The van der Waals surface area contributed by atoms with Gasteiger partial charge in [0.1, 0.15) is 0 Å². The fourth-order valence-corrected chi connectivity index (χ4v) is 3.58. The van der Waals surface area contributed by atoms with Crippen molar-refractivity contribution in [3.63, 3.8) is 0 Å². The molecular weight excluding hydrogens is 164 g/mol. The highest BCUT2D eigenvalue weighted by atomic mass is 16.4. The van der Waals surface area contributed by atoms with Crippen LogP contribution in [0.25, 0.3) is 0 Å². The Morgan fingerprint density at radius 2 is 2.00 bits per heavy atom. The van der Waals surface area contributed by atoms with Gasteiger partial charge in [-0.15, -0.1) is 0 Å². The van der Waals surface area contributed by atoms with Gasteiger partial charge in [-0.25, -0.2) is 0 Å². The third-order valence-electron chi connectivity index (χ3n) is 5.09. The summed E-state index contributed by atoms with van der Waals surface area (Å²) < 4.78 is 0. The van der Waals surface area contributed by atoms with Gasteiger partial charge in [0.2, 0.25) is 0 Å². The van der Waals surface area contributed by atoms with E-state index in [4.69, 9.17) is 5.11 Å². The number of hydrogen-bond acceptors (Lipinski definition) is 1. The lowest BCUT2D eigenvalue weighted by Gasteiger charge is -2.37. The lowest BCUT2D eigenvalue weighted by Crippen LogP contribution is -2.36. The second-order valence-electron chi connectivity index (χ2n) is 5.50. The number of hydrogen-bond donors (Lipinski definition) is 1. The number of carbonyl (C=O) groups is 1. The Balaban J connectivity index is 2.38. The first-order valence-corrected chi connectivity index (χ1v) is 5.12. The van der Waals surface area contributed by atoms with E-state index in [9.17, 15) is 4.79 Å². The average Bonchev–Trinajstić information content (AvgIpc) is 2.34. The van der Waals surface area contributed by atoms with Crippen LogP contribution in [0.15, 0.2) is 0 Å². The summed E-state index contributed by atoms with van der Waals surface area (Å²) in [4.78, 5) is 11.1. The summed E-state index contributed by atoms with van der Waals surface area (Å²) in [5, 5.41) is 9.13. The molecule has 2 saturated carbocycles. The Hall–Kier alpha value is -0.530. The summed E-state index contributed by atoms with van der Waals surface area (Å²) in [6.07, 6.45) is 3.23. The van der Waals surface area contributed by atoms with Crippen LogP contribution >= 0.6 is 0 Å². The summed E-state index contributed by atoms with van der Waals surface area (Å²) in [6.45, 7) is 6.65. The summed E-state index contributed by atoms with van der Waals surface area (Å²) >= 11 is 0. The second kappa shape index (κ2) is 2.28. The first-order valence-electron chi connectivity index (χ1n) is 5.12. The van der Waals surface area contributed by atoms with E-state index in [1.165, 1.54) is 6.42 Å². The van der Waals surface area contributed by atoms with Crippen molar-refractivity contribution < 1.29 is 9.90 Å². The van der Waals surface area contributed by atoms with Crippen LogP contribution in [0.4, 0.5) is 0 Å². The summed E-state index contributed by atoms with van der Waals surface area (Å²) in [6, 6.07) is 0. The van der Waals surface area contributed by atoms with Gasteiger partial charge in [-0.3, -0.25) is 4.79 Å². The number of rotatable bonds is 1. The first kappa shape index (κ1) is 9.04. The third-order valence-corrected chi connectivity index (χ3v) is 5.09. The molecule has 0 aromatic rings. The van der Waals surface area contributed by atoms with Gasteiger partial charge in [-0.1, -0.05) is 20.8 Å². The molecule has 0 aliphatic heterocycles. The standard InChI is InChI=1S/C11H18O2/c1-10(2)7-4-5-11(10,3)8(6-7)9(12)13/h7-8H,4-6H2,1-3H3,(H,12,13)/t7-,8+,11-/m0/s1. The first-order chi connectivity index (χ1) is 5.89. The van der Waals surface area contributed by atoms with Crippen molar-refractivity contribution in [2.45, 2.75) is 40.0 Å². The van der Waals surface area contributed by atoms with Gasteiger partial charge in [0.25, 0.3) is 0 Å². The SMILES string of the molecule is CC1(C)[C@H]2CC[C@@]1(C)[C@@H](C(=O)O)C2. The van der Waals surface area contributed by atoms with E-state index in [0.717, 1.165) is 12.8 Å². The molecule has 13 heavy (non-hydrogen) atoms. The molecule has 0 heterocycles. The van der Waals surface area contributed by atoms with Gasteiger partial charge >= 0.3 is 5.97 Å². The van der Waals surface area contributed by atoms with Crippen LogP contribution in [0.2, 0.25) is 0 Å². The van der Waals surface area contributed by atoms with Crippen LogP contribution in [0.1, 0.15) is 40.0 Å². The lowest BCUT2D eigenvalue weighted by atomic mass is 9.67. The van der Waals surface area contributed by atoms with Crippen molar-refractivity contribution in [1.29, 1.82) is 0 Å². The van der Waals surface area contributed by atoms with Crippen LogP contribution < -0.4 is 0 Å². The molecule has 3 atom stereocenters. The summed E-state index contributed by atoms with van der Waals surface area (Å²) in [7, 11) is 0. The lowest BCUT2D eigenvalue weighted by molar-refractivity contribution is -0.147. The Morgan fingerprint density at radius 3 is 2.23 bits per heavy atom. The third kappa shape index (κ3) is 0.866. The molecule has 0 saturated heterocycles. The molecule has 0 spiro atoms. The summed E-state index contributed by atoms with van der Waals surface area (Å²) in [5.41, 5.74) is 0.277. The normalized spacial score (nSPS) is 46.7. The van der Waals surface area contributed by atoms with E-state index in [0.29, 0.717) is 5.92 Å². The van der Waals surface area contributed by atoms with Crippen LogP contribution in [-0.4, -0.2) is 11.1 Å². The monoisotopic (exact) mass is 182 g/mol. The van der Waals surface area contributed by atoms with E-state index in [2.05, 4.69) is 20.8 Å². The maximum Gasteiger partial charge on any atom is 0.307 e. The van der Waals surface area contributed by atoms with Crippen LogP contribution in [-0.2, 0) is 4.79 Å². The van der Waals surface area contributed by atoms with E-state index in [1.807, 2.05) is 0 Å². The average molecular weight is 182 g/mol. The van der Waals surface area contributed by atoms with Crippen molar-refractivity contribution in [3.05, 3.63) is 0 Å². The topological polar surface area (TPSA) is 37.3 Å². The highest BCUT2D eigenvalue weighted by Gasteiger charge is 2.63. The van der Waals surface area contributed by atoms with Crippen molar-refractivity contribution in [2.75, 3.05) is 0 Å². The number of aliphatic carboxylic acids is 1. The fourth-order valence-electron chi connectivity index (χ4n) is 3.58. The van der Waals surface area contributed by atoms with Crippen LogP contribution in [0.3, 0.4) is 0 Å². The van der Waals surface area contributed by atoms with Gasteiger partial charge in [-0.2, -0.15) is 0 Å². The largest absolute Gasteiger partial charge is 0.481 e. The van der Waals surface area contributed by atoms with E-state index < -0.39 is 5.97 Å². The minimum absolute atomic E-state index is 0.0451. The minimum atomic E-state index is -0.585. The number of carboxylic acid groups (broad SMARTS) is 1. The molecule has 2 heteroatoms. The maximum atomic E-state index is 11.1. The quantitative estimate of drug-likeness (QED) is 0.676. The zero-order valence-corrected chi connectivity index (χ0v) is 8.63. The molecule has 2 aliphatic carbocycles. The minimum Gasteiger partial charge on any atom is -0.481 e. The Kier molecular flexibility index (Phi) is 1.59. The van der Waals surface area contributed by atoms with Crippen LogP contribution in [0.5, 0.6) is 0 Å². The van der Waals surface area contributed by atoms with Gasteiger partial charge in [0.05, 0.1) is 5.92 Å². The van der Waals surface area contributed by atoms with Gasteiger partial charge in [-0.05, 0) is 36.0 Å². The molecule has 0 aromatic heterocycles. The Labute approximate surface area is 79.3 Å². The predicted octanol–water partition coefficient (Wildman–Crippen LogP) is 2.53. The molecule has 0 unspecified atom stereocenters. The van der Waals surface area contributed by atoms with Crippen molar-refractivity contribution >= 4 is 5.97 Å². The molecule has 74 valence electrons. The zero-order chi connectivity index (χ0) is 9.85. The highest BCUT2D eigenvalue weighted by molar-refractivity contribution is 5.72. The molecule has 2 nitrogen and oxygen atoms in total. The molecule has 0 aromatic carbocycles. The molecule has 2 bridgehead atoms.